The molecule has 35 heavy (non-hydrogen) atoms. The molecule has 0 unspecified atom stereocenters. The third kappa shape index (κ3) is 14.5. The number of hydrogen-bond donors (Lipinski definition) is 5. The first-order valence-electron chi connectivity index (χ1n) is 10.1. The molecule has 0 saturated heterocycles. The number of para-hydroxylation sites is 1. The van der Waals surface area contributed by atoms with Gasteiger partial charge in [-0.05, 0) is 11.6 Å². The maximum absolute atomic E-state index is 9.56. The predicted octanol–water partition coefficient (Wildman–Crippen LogP) is 3.98. The van der Waals surface area contributed by atoms with E-state index in [4.69, 9.17) is 10.2 Å². The molecule has 0 atom stereocenters. The fourth-order valence-corrected chi connectivity index (χ4v) is 2.24. The number of carbonyl (C=O) groups is 2. The number of hydrogen-bond acceptors (Lipinski definition) is 5. The average Bonchev–Trinajstić information content (AvgIpc) is 2.86. The zero-order valence-corrected chi connectivity index (χ0v) is 19.4. The van der Waals surface area contributed by atoms with Crippen molar-refractivity contribution < 1.29 is 40.6 Å². The minimum Gasteiger partial charge on any atom is -0.507 e. The van der Waals surface area contributed by atoms with E-state index in [9.17, 15) is 24.9 Å². The van der Waals surface area contributed by atoms with Crippen LogP contribution in [-0.4, -0.2) is 42.9 Å². The van der Waals surface area contributed by atoms with Gasteiger partial charge in [0.2, 0.25) is 0 Å². The van der Waals surface area contributed by atoms with Gasteiger partial charge < -0.3 is 31.0 Å². The summed E-state index contributed by atoms with van der Waals surface area (Å²) in [6.07, 6.45) is 1.97. The number of carboxylic acids is 2. The van der Waals surface area contributed by atoms with E-state index in [0.717, 1.165) is 23.3 Å². The number of phenolic OH excluding ortho intramolecular Hbond substituents is 1. The van der Waals surface area contributed by atoms with E-state index in [1.54, 1.807) is 37.3 Å². The van der Waals surface area contributed by atoms with Gasteiger partial charge in [0.05, 0.1) is 0 Å². The quantitative estimate of drug-likeness (QED) is 0.270. The van der Waals surface area contributed by atoms with E-state index in [1.807, 2.05) is 54.6 Å². The molecule has 0 aliphatic heterocycles. The van der Waals surface area contributed by atoms with Gasteiger partial charge >= 0.3 is 11.9 Å². The topological polar surface area (TPSA) is 167 Å². The highest BCUT2D eigenvalue weighted by Crippen LogP contribution is 2.27. The molecule has 0 amide bonds. The number of aliphatic hydroxyl groups is 2. The molecule has 8 nitrogen and oxygen atoms in total. The molecule has 188 valence electrons. The lowest BCUT2D eigenvalue weighted by Gasteiger charge is -2.19. The van der Waals surface area contributed by atoms with Gasteiger partial charge in [0, 0.05) is 29.7 Å². The molecule has 0 spiro atoms. The fourth-order valence-electron chi connectivity index (χ4n) is 2.24. The van der Waals surface area contributed by atoms with Crippen LogP contribution in [0.1, 0.15) is 18.9 Å². The highest BCUT2D eigenvalue weighted by atomic mass is 16.5. The Bertz CT molecular complexity index is 998. The minimum atomic E-state index is -1.67. The maximum atomic E-state index is 9.56. The Morgan fingerprint density at radius 2 is 1.14 bits per heavy atom. The van der Waals surface area contributed by atoms with Crippen LogP contribution in [0.4, 0.5) is 0 Å². The SMILES string of the molecule is C=CC(=O)O.C=CC(=O)O.CCC(O)(O)c1ccccc1.O.Oc1ccccc1-c1ccccc1. The molecule has 0 aliphatic rings. The Balaban J connectivity index is 0. The molecule has 0 saturated carbocycles. The van der Waals surface area contributed by atoms with Crippen LogP contribution in [0.2, 0.25) is 0 Å². The van der Waals surface area contributed by atoms with E-state index < -0.39 is 17.7 Å². The smallest absolute Gasteiger partial charge is 0.327 e. The number of benzene rings is 3. The lowest BCUT2D eigenvalue weighted by atomic mass is 10.0. The zero-order chi connectivity index (χ0) is 26.0. The summed E-state index contributed by atoms with van der Waals surface area (Å²) in [6.45, 7) is 7.65. The standard InChI is InChI=1S/C12H10O.C9H12O2.2C3H4O2.H2O/c13-12-9-5-4-8-11(12)10-6-2-1-3-7-10;1-2-9(10,11)8-6-4-3-5-7-8;2*1-2-3(4)5;/h1-9,13H;3-7,10-11H,2H2,1H3;2*2H,1H2,(H,4,5);1H2. The van der Waals surface area contributed by atoms with Crippen LogP contribution in [0.5, 0.6) is 5.75 Å². The zero-order valence-electron chi connectivity index (χ0n) is 19.4. The molecule has 0 bridgehead atoms. The Hall–Kier alpha value is -4.24. The molecule has 3 aromatic carbocycles. The van der Waals surface area contributed by atoms with Gasteiger partial charge in [-0.25, -0.2) is 9.59 Å². The van der Waals surface area contributed by atoms with Gasteiger partial charge in [-0.1, -0.05) is 98.9 Å². The molecule has 8 heteroatoms. The molecule has 7 N–H and O–H groups in total. The number of phenols is 1. The van der Waals surface area contributed by atoms with Crippen molar-refractivity contribution in [3.8, 4) is 16.9 Å². The second-order valence-corrected chi connectivity index (χ2v) is 6.50. The van der Waals surface area contributed by atoms with Crippen molar-refractivity contribution in [3.63, 3.8) is 0 Å². The summed E-state index contributed by atoms with van der Waals surface area (Å²) in [7, 11) is 0. The molecule has 0 aliphatic carbocycles. The van der Waals surface area contributed by atoms with Crippen LogP contribution in [0.15, 0.2) is 110 Å². The van der Waals surface area contributed by atoms with Gasteiger partial charge in [-0.15, -0.1) is 0 Å². The molecule has 0 aromatic heterocycles. The number of carboxylic acid groups (broad SMARTS) is 2. The van der Waals surface area contributed by atoms with Crippen molar-refractivity contribution in [2.24, 2.45) is 0 Å². The van der Waals surface area contributed by atoms with Crippen molar-refractivity contribution in [2.75, 3.05) is 0 Å². The lowest BCUT2D eigenvalue weighted by Crippen LogP contribution is -2.23. The van der Waals surface area contributed by atoms with Crippen molar-refractivity contribution in [1.29, 1.82) is 0 Å². The summed E-state index contributed by atoms with van der Waals surface area (Å²) in [5.41, 5.74) is 2.46. The van der Waals surface area contributed by atoms with Gasteiger partial charge in [0.25, 0.3) is 0 Å². The van der Waals surface area contributed by atoms with Crippen molar-refractivity contribution in [3.05, 3.63) is 116 Å². The summed E-state index contributed by atoms with van der Waals surface area (Å²) >= 11 is 0. The Labute approximate surface area is 204 Å². The third-order valence-corrected chi connectivity index (χ3v) is 4.07. The van der Waals surface area contributed by atoms with Crippen LogP contribution >= 0.6 is 0 Å². The van der Waals surface area contributed by atoms with Crippen LogP contribution in [-0.2, 0) is 15.4 Å². The second-order valence-electron chi connectivity index (χ2n) is 6.50. The van der Waals surface area contributed by atoms with Crippen molar-refractivity contribution >= 4 is 11.9 Å². The van der Waals surface area contributed by atoms with E-state index in [0.29, 0.717) is 17.7 Å². The summed E-state index contributed by atoms with van der Waals surface area (Å²) < 4.78 is 0. The molecule has 0 heterocycles. The van der Waals surface area contributed by atoms with E-state index >= 15 is 0 Å². The minimum absolute atomic E-state index is 0. The lowest BCUT2D eigenvalue weighted by molar-refractivity contribution is -0.171. The van der Waals surface area contributed by atoms with Gasteiger partial charge in [0.15, 0.2) is 5.79 Å². The summed E-state index contributed by atoms with van der Waals surface area (Å²) in [5, 5.41) is 43.5. The molecule has 0 radical (unpaired) electrons. The van der Waals surface area contributed by atoms with E-state index in [1.165, 1.54) is 0 Å². The normalized spacial score (nSPS) is 9.11. The second kappa shape index (κ2) is 18.2. The Morgan fingerprint density at radius 1 is 0.771 bits per heavy atom. The van der Waals surface area contributed by atoms with Crippen LogP contribution < -0.4 is 0 Å². The van der Waals surface area contributed by atoms with Crippen molar-refractivity contribution in [2.45, 2.75) is 19.1 Å². The first-order chi connectivity index (χ1) is 16.1. The first-order valence-corrected chi connectivity index (χ1v) is 10.1. The van der Waals surface area contributed by atoms with Crippen LogP contribution in [0.3, 0.4) is 0 Å². The Morgan fingerprint density at radius 3 is 1.51 bits per heavy atom. The summed E-state index contributed by atoms with van der Waals surface area (Å²) in [4.78, 5) is 18.5. The number of aliphatic carboxylic acids is 2. The highest BCUT2D eigenvalue weighted by molar-refractivity contribution is 5.79. The monoisotopic (exact) mass is 484 g/mol. The number of rotatable bonds is 5. The first kappa shape index (κ1) is 32.9. The summed E-state index contributed by atoms with van der Waals surface area (Å²) in [6, 6.07) is 26.0. The Kier molecular flexibility index (Phi) is 17.1. The maximum Gasteiger partial charge on any atom is 0.327 e. The van der Waals surface area contributed by atoms with Gasteiger partial charge in [-0.2, -0.15) is 0 Å². The summed E-state index contributed by atoms with van der Waals surface area (Å²) in [5.74, 6) is -3.30. The molecular weight excluding hydrogens is 452 g/mol. The van der Waals surface area contributed by atoms with Crippen LogP contribution in [0, 0.1) is 0 Å². The highest BCUT2D eigenvalue weighted by Gasteiger charge is 2.21. The molecule has 3 aromatic rings. The van der Waals surface area contributed by atoms with Crippen molar-refractivity contribution in [1.82, 2.24) is 0 Å². The van der Waals surface area contributed by atoms with Gasteiger partial charge in [0.1, 0.15) is 5.75 Å². The van der Waals surface area contributed by atoms with E-state index in [-0.39, 0.29) is 5.48 Å². The molecule has 3 rings (SSSR count). The number of aromatic hydroxyl groups is 1. The van der Waals surface area contributed by atoms with Gasteiger partial charge in [-0.3, -0.25) is 0 Å². The molecule has 0 fully saturated rings. The van der Waals surface area contributed by atoms with Crippen LogP contribution in [0.25, 0.3) is 11.1 Å². The fraction of sp³-hybridized carbons (Fsp3) is 0.111. The predicted molar refractivity (Wildman–Crippen MR) is 136 cm³/mol. The largest absolute Gasteiger partial charge is 0.507 e. The molecular formula is C27H32O8. The third-order valence-electron chi connectivity index (χ3n) is 4.07. The van der Waals surface area contributed by atoms with E-state index in [2.05, 4.69) is 13.2 Å². The average molecular weight is 485 g/mol.